The maximum Gasteiger partial charge on any atom is 0.303 e. The van der Waals surface area contributed by atoms with Crippen LogP contribution in [0.1, 0.15) is 52.9 Å². The second-order valence-corrected chi connectivity index (χ2v) is 9.30. The quantitative estimate of drug-likeness (QED) is 0.506. The number of fused-ring (bicyclic) bond motifs is 5. The van der Waals surface area contributed by atoms with Crippen LogP contribution in [-0.2, 0) is 14.3 Å². The van der Waals surface area contributed by atoms with Gasteiger partial charge in [-0.15, -0.1) is 0 Å². The summed E-state index contributed by atoms with van der Waals surface area (Å²) in [6.45, 7) is 5.32. The molecule has 0 aromatic carbocycles. The van der Waals surface area contributed by atoms with Gasteiger partial charge in [-0.2, -0.15) is 0 Å². The van der Waals surface area contributed by atoms with Gasteiger partial charge in [-0.25, -0.2) is 4.39 Å². The molecule has 4 aliphatic rings. The third-order valence-corrected chi connectivity index (χ3v) is 8.30. The highest BCUT2D eigenvalue weighted by molar-refractivity contribution is 7.80. The number of allylic oxidation sites excluding steroid dienone is 4. The van der Waals surface area contributed by atoms with E-state index in [1.807, 2.05) is 6.92 Å². The predicted octanol–water partition coefficient (Wildman–Crippen LogP) is 4.30. The lowest BCUT2D eigenvalue weighted by atomic mass is 9.46. The van der Waals surface area contributed by atoms with Crippen LogP contribution in [0.2, 0.25) is 0 Å². The Labute approximate surface area is 159 Å². The molecule has 6 atom stereocenters. The molecule has 0 N–H and O–H groups in total. The van der Waals surface area contributed by atoms with Gasteiger partial charge in [0.05, 0.1) is 0 Å². The molecule has 0 aliphatic heterocycles. The fourth-order valence-corrected chi connectivity index (χ4v) is 6.63. The molecule has 0 aromatic rings. The Morgan fingerprint density at radius 3 is 2.65 bits per heavy atom. The van der Waals surface area contributed by atoms with Gasteiger partial charge in [0.2, 0.25) is 0 Å². The van der Waals surface area contributed by atoms with E-state index >= 15 is 4.39 Å². The number of halogens is 1. The van der Waals surface area contributed by atoms with Crippen LogP contribution in [-0.4, -0.2) is 28.4 Å². The van der Waals surface area contributed by atoms with Crippen molar-refractivity contribution in [3.05, 3.63) is 23.8 Å². The molecule has 0 bridgehead atoms. The number of alkyl halides is 1. The normalized spacial score (nSPS) is 46.9. The van der Waals surface area contributed by atoms with Gasteiger partial charge in [-0.1, -0.05) is 30.8 Å². The summed E-state index contributed by atoms with van der Waals surface area (Å²) in [5.41, 5.74) is -2.08. The number of hydrogen-bond donors (Lipinski definition) is 0. The van der Waals surface area contributed by atoms with E-state index < -0.39 is 23.2 Å². The molecule has 0 unspecified atom stereocenters. The van der Waals surface area contributed by atoms with Crippen LogP contribution in [0, 0.1) is 22.7 Å². The molecule has 4 rings (SSSR count). The molecule has 3 saturated carbocycles. The van der Waals surface area contributed by atoms with Gasteiger partial charge in [0, 0.05) is 23.7 Å². The van der Waals surface area contributed by atoms with Crippen LogP contribution < -0.4 is 0 Å². The molecule has 3 nitrogen and oxygen atoms in total. The topological polar surface area (TPSA) is 43.4 Å². The third kappa shape index (κ3) is 2.12. The third-order valence-electron chi connectivity index (χ3n) is 7.63. The van der Waals surface area contributed by atoms with Crippen molar-refractivity contribution in [3.63, 3.8) is 0 Å². The van der Waals surface area contributed by atoms with E-state index in [1.165, 1.54) is 13.0 Å². The Bertz CT molecular complexity index is 771. The largest absolute Gasteiger partial charge is 0.459 e. The summed E-state index contributed by atoms with van der Waals surface area (Å²) >= 11 is 5.65. The van der Waals surface area contributed by atoms with Crippen LogP contribution in [0.4, 0.5) is 4.39 Å². The highest BCUT2D eigenvalue weighted by Crippen LogP contribution is 2.67. The van der Waals surface area contributed by atoms with Crippen molar-refractivity contribution in [3.8, 4) is 0 Å². The Hall–Kier alpha value is -1.36. The van der Waals surface area contributed by atoms with Gasteiger partial charge in [0.25, 0.3) is 0 Å². The first kappa shape index (κ1) is 18.0. The minimum Gasteiger partial charge on any atom is -0.459 e. The summed E-state index contributed by atoms with van der Waals surface area (Å²) in [6, 6.07) is 0. The van der Waals surface area contributed by atoms with E-state index in [0.717, 1.165) is 23.3 Å². The standard InChI is InChI=1S/C21H25FO3S/c1-12(23)25-17-11-19(2)15(6-7-18(19)26)16-5-4-13-10-14(24)8-9-20(13,3)21(16,17)22/h8-10,15-17H,4-7,11H2,1-3H3/t15-,16-,17-,19-,20-,21-/m0/s1. The molecule has 0 spiro atoms. The predicted molar refractivity (Wildman–Crippen MR) is 101 cm³/mol. The molecule has 5 heteroatoms. The summed E-state index contributed by atoms with van der Waals surface area (Å²) in [7, 11) is 0. The molecule has 0 amide bonds. The maximum atomic E-state index is 17.1. The first-order chi connectivity index (χ1) is 12.1. The van der Waals surface area contributed by atoms with Crippen LogP contribution in [0.5, 0.6) is 0 Å². The number of ether oxygens (including phenoxy) is 1. The number of esters is 1. The number of hydrogen-bond acceptors (Lipinski definition) is 4. The second-order valence-electron chi connectivity index (χ2n) is 8.81. The van der Waals surface area contributed by atoms with Gasteiger partial charge in [-0.3, -0.25) is 9.59 Å². The average molecular weight is 376 g/mol. The molecular weight excluding hydrogens is 351 g/mol. The monoisotopic (exact) mass is 376 g/mol. The Kier molecular flexibility index (Phi) is 3.86. The molecule has 0 aromatic heterocycles. The first-order valence-corrected chi connectivity index (χ1v) is 9.87. The highest BCUT2D eigenvalue weighted by Gasteiger charge is 2.71. The zero-order chi connectivity index (χ0) is 18.9. The fourth-order valence-electron chi connectivity index (χ4n) is 6.27. The van der Waals surface area contributed by atoms with Crippen molar-refractivity contribution in [2.75, 3.05) is 0 Å². The molecule has 140 valence electrons. The van der Waals surface area contributed by atoms with E-state index in [4.69, 9.17) is 17.0 Å². The summed E-state index contributed by atoms with van der Waals surface area (Å²) in [5, 5.41) is 0. The van der Waals surface area contributed by atoms with Crippen LogP contribution in [0.25, 0.3) is 0 Å². The maximum absolute atomic E-state index is 17.1. The summed E-state index contributed by atoms with van der Waals surface area (Å²) in [4.78, 5) is 24.7. The van der Waals surface area contributed by atoms with E-state index in [1.54, 1.807) is 12.2 Å². The Morgan fingerprint density at radius 1 is 1.27 bits per heavy atom. The number of ketones is 1. The van der Waals surface area contributed by atoms with Crippen LogP contribution >= 0.6 is 12.2 Å². The van der Waals surface area contributed by atoms with Crippen LogP contribution in [0.3, 0.4) is 0 Å². The van der Waals surface area contributed by atoms with Crippen LogP contribution in [0.15, 0.2) is 23.8 Å². The number of thiocarbonyl (C=S) groups is 1. The van der Waals surface area contributed by atoms with E-state index in [2.05, 4.69) is 6.92 Å². The minimum atomic E-state index is -1.72. The van der Waals surface area contributed by atoms with Crippen molar-refractivity contribution in [2.45, 2.75) is 64.6 Å². The van der Waals surface area contributed by atoms with Crippen molar-refractivity contribution in [1.29, 1.82) is 0 Å². The van der Waals surface area contributed by atoms with Gasteiger partial charge in [0.15, 0.2) is 11.5 Å². The molecule has 4 aliphatic carbocycles. The SMILES string of the molecule is CC(=O)O[C@H]1C[C@]2(C)C(=S)CC[C@H]2[C@@H]2CCC3=CC(=O)C=C[C@]3(C)[C@@]12F. The molecule has 3 fully saturated rings. The van der Waals surface area contributed by atoms with E-state index in [-0.39, 0.29) is 23.0 Å². The number of carbonyl (C=O) groups is 2. The lowest BCUT2D eigenvalue weighted by Gasteiger charge is -2.61. The molecule has 26 heavy (non-hydrogen) atoms. The van der Waals surface area contributed by atoms with E-state index in [9.17, 15) is 9.59 Å². The van der Waals surface area contributed by atoms with Gasteiger partial charge in [-0.05, 0) is 62.0 Å². The first-order valence-electron chi connectivity index (χ1n) is 9.46. The summed E-state index contributed by atoms with van der Waals surface area (Å²) in [6.07, 6.45) is 7.43. The van der Waals surface area contributed by atoms with Gasteiger partial charge in [0.1, 0.15) is 6.10 Å². The second kappa shape index (κ2) is 5.57. The molecule has 0 radical (unpaired) electrons. The van der Waals surface area contributed by atoms with Crippen molar-refractivity contribution in [2.24, 2.45) is 22.7 Å². The summed E-state index contributed by atoms with van der Waals surface area (Å²) in [5.74, 6) is -0.624. The molecule has 0 heterocycles. The fraction of sp³-hybridized carbons (Fsp3) is 0.667. The average Bonchev–Trinajstić information content (AvgIpc) is 2.84. The zero-order valence-electron chi connectivity index (χ0n) is 15.5. The van der Waals surface area contributed by atoms with E-state index in [0.29, 0.717) is 19.3 Å². The molecule has 0 saturated heterocycles. The lowest BCUT2D eigenvalue weighted by Crippen LogP contribution is -2.67. The minimum absolute atomic E-state index is 0.0914. The number of rotatable bonds is 1. The lowest BCUT2D eigenvalue weighted by molar-refractivity contribution is -0.202. The van der Waals surface area contributed by atoms with Crippen molar-refractivity contribution < 1.29 is 18.7 Å². The van der Waals surface area contributed by atoms with Gasteiger partial charge >= 0.3 is 5.97 Å². The molecular formula is C21H25FO3S. The highest BCUT2D eigenvalue weighted by atomic mass is 32.1. The van der Waals surface area contributed by atoms with Crippen molar-refractivity contribution in [1.82, 2.24) is 0 Å². The zero-order valence-corrected chi connectivity index (χ0v) is 16.3. The van der Waals surface area contributed by atoms with Crippen molar-refractivity contribution >= 4 is 28.8 Å². The smallest absolute Gasteiger partial charge is 0.303 e. The Morgan fingerprint density at radius 2 is 1.96 bits per heavy atom. The Balaban J connectivity index is 1.87. The van der Waals surface area contributed by atoms with Gasteiger partial charge < -0.3 is 4.74 Å². The summed E-state index contributed by atoms with van der Waals surface area (Å²) < 4.78 is 22.7. The number of carbonyl (C=O) groups excluding carboxylic acids is 2.